The molecule has 1 aliphatic heterocycles. The fourth-order valence-electron chi connectivity index (χ4n) is 4.37. The highest BCUT2D eigenvalue weighted by molar-refractivity contribution is 5.97. The van der Waals surface area contributed by atoms with Crippen LogP contribution in [0, 0.1) is 10.1 Å². The zero-order valence-electron chi connectivity index (χ0n) is 17.1. The second kappa shape index (κ2) is 7.39. The molecule has 0 aliphatic carbocycles. The van der Waals surface area contributed by atoms with Gasteiger partial charge in [0, 0.05) is 50.9 Å². The summed E-state index contributed by atoms with van der Waals surface area (Å²) in [5, 5.41) is 12.8. The standard InChI is InChI=1S/C23H21N5O3/c1-25-18-7-3-2-6-16(18)23(29)17-14-21(28(30)31)20(15-19(17)25)26-10-12-27(13-11-26)22-8-4-5-9-24-22/h2-9,14-15H,10-13H2,1H3. The number of hydrogen-bond acceptors (Lipinski definition) is 6. The highest BCUT2D eigenvalue weighted by atomic mass is 16.6. The number of nitro benzene ring substituents is 1. The van der Waals surface area contributed by atoms with Crippen LogP contribution < -0.4 is 15.2 Å². The van der Waals surface area contributed by atoms with Gasteiger partial charge in [-0.25, -0.2) is 4.98 Å². The van der Waals surface area contributed by atoms with Crippen LogP contribution >= 0.6 is 0 Å². The maximum absolute atomic E-state index is 13.0. The SMILES string of the molecule is Cn1c2ccccc2c(=O)c2cc([N+](=O)[O-])c(N3CCN(c4ccccn4)CC3)cc21. The number of piperazine rings is 1. The maximum atomic E-state index is 13.0. The zero-order chi connectivity index (χ0) is 21.5. The van der Waals surface area contributed by atoms with Gasteiger partial charge >= 0.3 is 0 Å². The predicted molar refractivity (Wildman–Crippen MR) is 122 cm³/mol. The van der Waals surface area contributed by atoms with E-state index in [9.17, 15) is 14.9 Å². The van der Waals surface area contributed by atoms with Crippen LogP contribution in [-0.2, 0) is 7.05 Å². The van der Waals surface area contributed by atoms with Gasteiger partial charge in [-0.05, 0) is 30.3 Å². The van der Waals surface area contributed by atoms with Gasteiger partial charge in [-0.3, -0.25) is 14.9 Å². The van der Waals surface area contributed by atoms with E-state index in [-0.39, 0.29) is 11.1 Å². The summed E-state index contributed by atoms with van der Waals surface area (Å²) in [6.45, 7) is 2.68. The highest BCUT2D eigenvalue weighted by Gasteiger charge is 2.26. The molecule has 4 aromatic rings. The highest BCUT2D eigenvalue weighted by Crippen LogP contribution is 2.34. The molecule has 156 valence electrons. The summed E-state index contributed by atoms with van der Waals surface area (Å²) in [4.78, 5) is 33.1. The minimum atomic E-state index is -0.394. The average Bonchev–Trinajstić information content (AvgIpc) is 2.82. The molecule has 0 saturated carbocycles. The smallest absolute Gasteiger partial charge is 0.293 e. The van der Waals surface area contributed by atoms with Gasteiger partial charge in [-0.1, -0.05) is 18.2 Å². The topological polar surface area (TPSA) is 84.5 Å². The molecule has 31 heavy (non-hydrogen) atoms. The summed E-state index contributed by atoms with van der Waals surface area (Å²) in [5.41, 5.74) is 1.82. The molecule has 0 unspecified atom stereocenters. The van der Waals surface area contributed by atoms with E-state index in [0.29, 0.717) is 48.2 Å². The van der Waals surface area contributed by atoms with Crippen LogP contribution in [0.5, 0.6) is 0 Å². The summed E-state index contributed by atoms with van der Waals surface area (Å²) in [6.07, 6.45) is 1.76. The van der Waals surface area contributed by atoms with Gasteiger partial charge < -0.3 is 14.4 Å². The zero-order valence-corrected chi connectivity index (χ0v) is 17.1. The van der Waals surface area contributed by atoms with Crippen molar-refractivity contribution < 1.29 is 4.92 Å². The third-order valence-corrected chi connectivity index (χ3v) is 6.00. The summed E-state index contributed by atoms with van der Waals surface area (Å²) in [5.74, 6) is 0.907. The van der Waals surface area contributed by atoms with Crippen LogP contribution in [-0.4, -0.2) is 40.7 Å². The van der Waals surface area contributed by atoms with Gasteiger partial charge in [0.25, 0.3) is 5.69 Å². The second-order valence-electron chi connectivity index (χ2n) is 7.68. The van der Waals surface area contributed by atoms with E-state index in [0.717, 1.165) is 11.3 Å². The number of nitrogens with zero attached hydrogens (tertiary/aromatic N) is 5. The molecule has 0 spiro atoms. The summed E-state index contributed by atoms with van der Waals surface area (Å²) < 4.78 is 1.93. The Morgan fingerprint density at radius 1 is 0.903 bits per heavy atom. The number of hydrogen-bond donors (Lipinski definition) is 0. The van der Waals surface area contributed by atoms with Crippen molar-refractivity contribution in [3.8, 4) is 0 Å². The molecule has 2 aromatic heterocycles. The molecule has 0 radical (unpaired) electrons. The molecule has 0 atom stereocenters. The lowest BCUT2D eigenvalue weighted by atomic mass is 10.1. The predicted octanol–water partition coefficient (Wildman–Crippen LogP) is 3.32. The van der Waals surface area contributed by atoms with Crippen molar-refractivity contribution in [3.05, 3.63) is 81.1 Å². The molecule has 0 N–H and O–H groups in total. The van der Waals surface area contributed by atoms with Gasteiger partial charge in [-0.2, -0.15) is 0 Å². The van der Waals surface area contributed by atoms with E-state index >= 15 is 0 Å². The van der Waals surface area contributed by atoms with Crippen LogP contribution in [0.4, 0.5) is 17.2 Å². The molecular formula is C23H21N5O3. The van der Waals surface area contributed by atoms with Gasteiger partial charge in [0.15, 0.2) is 5.43 Å². The number of para-hydroxylation sites is 1. The minimum absolute atomic E-state index is 0.0360. The number of aryl methyl sites for hydroxylation is 1. The first-order valence-electron chi connectivity index (χ1n) is 10.2. The molecule has 1 aliphatic rings. The number of aromatic nitrogens is 2. The molecule has 8 nitrogen and oxygen atoms in total. The summed E-state index contributed by atoms with van der Waals surface area (Å²) in [7, 11) is 1.89. The van der Waals surface area contributed by atoms with Crippen LogP contribution in [0.25, 0.3) is 21.8 Å². The molecule has 1 fully saturated rings. The molecule has 5 rings (SSSR count). The average molecular weight is 415 g/mol. The lowest BCUT2D eigenvalue weighted by Crippen LogP contribution is -2.47. The molecule has 1 saturated heterocycles. The quantitative estimate of drug-likeness (QED) is 0.290. The first-order chi connectivity index (χ1) is 15.0. The minimum Gasteiger partial charge on any atom is -0.362 e. The van der Waals surface area contributed by atoms with Gasteiger partial charge in [0.05, 0.1) is 21.3 Å². The third-order valence-electron chi connectivity index (χ3n) is 6.00. The van der Waals surface area contributed by atoms with Crippen molar-refractivity contribution in [2.75, 3.05) is 36.0 Å². The Hall–Kier alpha value is -3.94. The molecule has 8 heteroatoms. The number of anilines is 2. The Bertz CT molecular complexity index is 1360. The van der Waals surface area contributed by atoms with Crippen molar-refractivity contribution in [3.63, 3.8) is 0 Å². The maximum Gasteiger partial charge on any atom is 0.293 e. The first kappa shape index (κ1) is 19.0. The number of nitro groups is 1. The fraction of sp³-hybridized carbons (Fsp3) is 0.217. The van der Waals surface area contributed by atoms with E-state index in [2.05, 4.69) is 9.88 Å². The molecule has 0 bridgehead atoms. The number of fused-ring (bicyclic) bond motifs is 2. The van der Waals surface area contributed by atoms with Crippen molar-refractivity contribution in [1.29, 1.82) is 0 Å². The Morgan fingerprint density at radius 2 is 1.61 bits per heavy atom. The van der Waals surface area contributed by atoms with Crippen molar-refractivity contribution >= 4 is 39.0 Å². The number of benzene rings is 2. The lowest BCUT2D eigenvalue weighted by molar-refractivity contribution is -0.384. The van der Waals surface area contributed by atoms with Crippen molar-refractivity contribution in [2.24, 2.45) is 7.05 Å². The van der Waals surface area contributed by atoms with Gasteiger partial charge in [0.2, 0.25) is 0 Å². The fourth-order valence-corrected chi connectivity index (χ4v) is 4.37. The van der Waals surface area contributed by atoms with E-state index in [1.165, 1.54) is 6.07 Å². The van der Waals surface area contributed by atoms with Crippen LogP contribution in [0.2, 0.25) is 0 Å². The molecular weight excluding hydrogens is 394 g/mol. The van der Waals surface area contributed by atoms with E-state index in [1.807, 2.05) is 46.8 Å². The van der Waals surface area contributed by atoms with Crippen LogP contribution in [0.1, 0.15) is 0 Å². The Kier molecular flexibility index (Phi) is 4.54. The monoisotopic (exact) mass is 415 g/mol. The summed E-state index contributed by atoms with van der Waals surface area (Å²) in [6, 6.07) is 16.4. The molecule has 0 amide bonds. The van der Waals surface area contributed by atoms with Gasteiger partial charge in [0.1, 0.15) is 11.5 Å². The molecule has 3 heterocycles. The van der Waals surface area contributed by atoms with Crippen LogP contribution in [0.15, 0.2) is 65.6 Å². The van der Waals surface area contributed by atoms with Gasteiger partial charge in [-0.15, -0.1) is 0 Å². The second-order valence-corrected chi connectivity index (χ2v) is 7.68. The third kappa shape index (κ3) is 3.16. The summed E-state index contributed by atoms with van der Waals surface area (Å²) >= 11 is 0. The largest absolute Gasteiger partial charge is 0.362 e. The first-order valence-corrected chi connectivity index (χ1v) is 10.2. The van der Waals surface area contributed by atoms with Crippen molar-refractivity contribution in [2.45, 2.75) is 0 Å². The van der Waals surface area contributed by atoms with Crippen molar-refractivity contribution in [1.82, 2.24) is 9.55 Å². The van der Waals surface area contributed by atoms with Crippen LogP contribution in [0.3, 0.4) is 0 Å². The number of rotatable bonds is 3. The molecule has 2 aromatic carbocycles. The Balaban J connectivity index is 1.59. The van der Waals surface area contributed by atoms with E-state index in [4.69, 9.17) is 0 Å². The lowest BCUT2D eigenvalue weighted by Gasteiger charge is -2.36. The van der Waals surface area contributed by atoms with E-state index in [1.54, 1.807) is 24.4 Å². The Labute approximate surface area is 178 Å². The Morgan fingerprint density at radius 3 is 2.32 bits per heavy atom. The number of pyridine rings is 2. The van der Waals surface area contributed by atoms with E-state index < -0.39 is 4.92 Å². The normalized spacial score (nSPS) is 14.4.